The summed E-state index contributed by atoms with van der Waals surface area (Å²) in [6, 6.07) is 2.95. The standard InChI is InChI=1S/C11H13F2N/c1-7-9(12)5-4-8(11(7)13)10-3-2-6-14-10/h4-5,10,14H,2-3,6H2,1H3. The molecule has 1 saturated heterocycles. The van der Waals surface area contributed by atoms with Crippen LogP contribution in [0.1, 0.15) is 30.0 Å². The number of nitrogens with one attached hydrogen (secondary N) is 1. The summed E-state index contributed by atoms with van der Waals surface area (Å²) >= 11 is 0. The van der Waals surface area contributed by atoms with Crippen LogP contribution < -0.4 is 5.32 Å². The van der Waals surface area contributed by atoms with Gasteiger partial charge in [0.2, 0.25) is 0 Å². The Bertz CT molecular complexity index is 343. The van der Waals surface area contributed by atoms with Crippen LogP contribution in [-0.4, -0.2) is 6.54 Å². The van der Waals surface area contributed by atoms with Gasteiger partial charge in [0, 0.05) is 17.2 Å². The molecule has 0 aromatic heterocycles. The molecular formula is C11H13F2N. The normalized spacial score (nSPS) is 21.5. The molecule has 0 aliphatic carbocycles. The molecular weight excluding hydrogens is 184 g/mol. The lowest BCUT2D eigenvalue weighted by molar-refractivity contribution is 0.529. The van der Waals surface area contributed by atoms with E-state index in [2.05, 4.69) is 5.32 Å². The van der Waals surface area contributed by atoms with Gasteiger partial charge in [0.05, 0.1) is 0 Å². The molecule has 0 bridgehead atoms. The zero-order valence-electron chi connectivity index (χ0n) is 8.11. The minimum absolute atomic E-state index is 0.0642. The highest BCUT2D eigenvalue weighted by molar-refractivity contribution is 5.29. The summed E-state index contributed by atoms with van der Waals surface area (Å²) in [6.45, 7) is 2.39. The van der Waals surface area contributed by atoms with Crippen molar-refractivity contribution in [3.05, 3.63) is 34.9 Å². The Labute approximate surface area is 82.1 Å². The van der Waals surface area contributed by atoms with Crippen molar-refractivity contribution in [1.82, 2.24) is 5.32 Å². The Morgan fingerprint density at radius 3 is 2.79 bits per heavy atom. The average Bonchev–Trinajstić information content (AvgIpc) is 2.67. The smallest absolute Gasteiger partial charge is 0.133 e. The van der Waals surface area contributed by atoms with Crippen LogP contribution >= 0.6 is 0 Å². The molecule has 1 fully saturated rings. The molecule has 2 rings (SSSR count). The van der Waals surface area contributed by atoms with Crippen molar-refractivity contribution in [1.29, 1.82) is 0 Å². The summed E-state index contributed by atoms with van der Waals surface area (Å²) in [6.07, 6.45) is 1.99. The van der Waals surface area contributed by atoms with Gasteiger partial charge >= 0.3 is 0 Å². The lowest BCUT2D eigenvalue weighted by Gasteiger charge is -2.13. The van der Waals surface area contributed by atoms with Crippen molar-refractivity contribution in [2.45, 2.75) is 25.8 Å². The summed E-state index contributed by atoms with van der Waals surface area (Å²) in [5.41, 5.74) is 0.720. The van der Waals surface area contributed by atoms with E-state index in [0.29, 0.717) is 5.56 Å². The van der Waals surface area contributed by atoms with E-state index in [4.69, 9.17) is 0 Å². The van der Waals surface area contributed by atoms with Crippen molar-refractivity contribution < 1.29 is 8.78 Å². The van der Waals surface area contributed by atoms with Crippen LogP contribution in [0.4, 0.5) is 8.78 Å². The molecule has 1 unspecified atom stereocenters. The maximum Gasteiger partial charge on any atom is 0.133 e. The van der Waals surface area contributed by atoms with E-state index in [-0.39, 0.29) is 11.6 Å². The molecule has 1 aromatic carbocycles. The fraction of sp³-hybridized carbons (Fsp3) is 0.455. The van der Waals surface area contributed by atoms with Crippen LogP contribution in [0.2, 0.25) is 0 Å². The van der Waals surface area contributed by atoms with Gasteiger partial charge in [-0.2, -0.15) is 0 Å². The molecule has 0 spiro atoms. The first-order chi connectivity index (χ1) is 6.70. The molecule has 1 atom stereocenters. The SMILES string of the molecule is Cc1c(F)ccc(C2CCCN2)c1F. The molecule has 1 aromatic rings. The Hall–Kier alpha value is -0.960. The highest BCUT2D eigenvalue weighted by Gasteiger charge is 2.21. The van der Waals surface area contributed by atoms with E-state index in [1.807, 2.05) is 0 Å². The number of hydrogen-bond acceptors (Lipinski definition) is 1. The first-order valence-corrected chi connectivity index (χ1v) is 4.88. The van der Waals surface area contributed by atoms with Crippen LogP contribution in [0, 0.1) is 18.6 Å². The highest BCUT2D eigenvalue weighted by Crippen LogP contribution is 2.27. The first-order valence-electron chi connectivity index (χ1n) is 4.88. The summed E-state index contributed by atoms with van der Waals surface area (Å²) in [7, 11) is 0. The Morgan fingerprint density at radius 2 is 2.14 bits per heavy atom. The Morgan fingerprint density at radius 1 is 1.36 bits per heavy atom. The number of rotatable bonds is 1. The molecule has 1 nitrogen and oxygen atoms in total. The zero-order valence-corrected chi connectivity index (χ0v) is 8.11. The quantitative estimate of drug-likeness (QED) is 0.729. The summed E-state index contributed by atoms with van der Waals surface area (Å²) in [5, 5.41) is 3.20. The van der Waals surface area contributed by atoms with Gasteiger partial charge in [-0.3, -0.25) is 0 Å². The van der Waals surface area contributed by atoms with Crippen molar-refractivity contribution in [2.24, 2.45) is 0 Å². The fourth-order valence-electron chi connectivity index (χ4n) is 1.90. The maximum atomic E-state index is 13.6. The lowest BCUT2D eigenvalue weighted by atomic mass is 10.0. The highest BCUT2D eigenvalue weighted by atomic mass is 19.1. The maximum absolute atomic E-state index is 13.6. The lowest BCUT2D eigenvalue weighted by Crippen LogP contribution is -2.15. The molecule has 1 heterocycles. The van der Waals surface area contributed by atoms with Gasteiger partial charge in [0.15, 0.2) is 0 Å². The van der Waals surface area contributed by atoms with Gasteiger partial charge in [0.25, 0.3) is 0 Å². The number of benzene rings is 1. The third kappa shape index (κ3) is 1.52. The second-order valence-corrected chi connectivity index (χ2v) is 3.72. The molecule has 14 heavy (non-hydrogen) atoms. The predicted octanol–water partition coefficient (Wildman–Crippen LogP) is 2.70. The minimum atomic E-state index is -0.468. The molecule has 1 aliphatic heterocycles. The molecule has 0 radical (unpaired) electrons. The zero-order chi connectivity index (χ0) is 10.1. The van der Waals surface area contributed by atoms with E-state index in [9.17, 15) is 8.78 Å². The largest absolute Gasteiger partial charge is 0.310 e. The Balaban J connectivity index is 2.38. The van der Waals surface area contributed by atoms with E-state index in [1.54, 1.807) is 6.07 Å². The minimum Gasteiger partial charge on any atom is -0.310 e. The van der Waals surface area contributed by atoms with Crippen molar-refractivity contribution >= 4 is 0 Å². The van der Waals surface area contributed by atoms with E-state index in [1.165, 1.54) is 13.0 Å². The third-order valence-corrected chi connectivity index (χ3v) is 2.79. The van der Waals surface area contributed by atoms with Gasteiger partial charge < -0.3 is 5.32 Å². The molecule has 76 valence electrons. The molecule has 3 heteroatoms. The van der Waals surface area contributed by atoms with Crippen molar-refractivity contribution in [2.75, 3.05) is 6.54 Å². The molecule has 1 N–H and O–H groups in total. The third-order valence-electron chi connectivity index (χ3n) is 2.79. The van der Waals surface area contributed by atoms with Gasteiger partial charge in [-0.15, -0.1) is 0 Å². The summed E-state index contributed by atoms with van der Waals surface area (Å²) < 4.78 is 26.6. The van der Waals surface area contributed by atoms with E-state index >= 15 is 0 Å². The predicted molar refractivity (Wildman–Crippen MR) is 51.1 cm³/mol. The van der Waals surface area contributed by atoms with Crippen LogP contribution in [0.25, 0.3) is 0 Å². The fourth-order valence-corrected chi connectivity index (χ4v) is 1.90. The monoisotopic (exact) mass is 197 g/mol. The topological polar surface area (TPSA) is 12.0 Å². The molecule has 1 aliphatic rings. The van der Waals surface area contributed by atoms with Crippen LogP contribution in [0.5, 0.6) is 0 Å². The number of hydrogen-bond donors (Lipinski definition) is 1. The van der Waals surface area contributed by atoms with Gasteiger partial charge in [0.1, 0.15) is 11.6 Å². The van der Waals surface area contributed by atoms with E-state index in [0.717, 1.165) is 19.4 Å². The molecule has 0 saturated carbocycles. The Kier molecular flexibility index (Phi) is 2.50. The summed E-state index contributed by atoms with van der Waals surface area (Å²) in [4.78, 5) is 0. The van der Waals surface area contributed by atoms with Crippen LogP contribution in [0.3, 0.4) is 0 Å². The summed E-state index contributed by atoms with van der Waals surface area (Å²) in [5.74, 6) is -0.867. The first kappa shape index (κ1) is 9.59. The van der Waals surface area contributed by atoms with Crippen molar-refractivity contribution in [3.63, 3.8) is 0 Å². The average molecular weight is 197 g/mol. The van der Waals surface area contributed by atoms with Gasteiger partial charge in [-0.25, -0.2) is 8.78 Å². The van der Waals surface area contributed by atoms with Gasteiger partial charge in [-0.1, -0.05) is 6.07 Å². The number of halogens is 2. The second kappa shape index (κ2) is 3.65. The van der Waals surface area contributed by atoms with Crippen LogP contribution in [-0.2, 0) is 0 Å². The van der Waals surface area contributed by atoms with E-state index < -0.39 is 11.6 Å². The second-order valence-electron chi connectivity index (χ2n) is 3.72. The van der Waals surface area contributed by atoms with Gasteiger partial charge in [-0.05, 0) is 32.4 Å². The molecule has 0 amide bonds. The van der Waals surface area contributed by atoms with Crippen LogP contribution in [0.15, 0.2) is 12.1 Å². The van der Waals surface area contributed by atoms with Crippen molar-refractivity contribution in [3.8, 4) is 0 Å².